The number of tetrazole rings is 1. The molecule has 0 bridgehead atoms. The molecule has 1 N–H and O–H groups in total. The van der Waals surface area contributed by atoms with E-state index in [1.807, 2.05) is 30.5 Å². The highest BCUT2D eigenvalue weighted by atomic mass is 32.1. The molecule has 3 aromatic rings. The molecule has 0 aliphatic rings. The minimum Gasteiger partial charge on any atom is -0.380 e. The van der Waals surface area contributed by atoms with Gasteiger partial charge in [0.2, 0.25) is 0 Å². The van der Waals surface area contributed by atoms with Crippen LogP contribution in [-0.2, 0) is 6.54 Å². The Morgan fingerprint density at radius 1 is 1.38 bits per heavy atom. The SMILES string of the molecule is Cc1cc(NCc2cc(C#N)cs2)ccc1-n1cnnn1. The fraction of sp³-hybridized carbons (Fsp3) is 0.143. The van der Waals surface area contributed by atoms with E-state index in [4.69, 9.17) is 5.26 Å². The van der Waals surface area contributed by atoms with Crippen molar-refractivity contribution >= 4 is 17.0 Å². The third kappa shape index (κ3) is 2.90. The monoisotopic (exact) mass is 296 g/mol. The molecular formula is C14H12N6S. The van der Waals surface area contributed by atoms with Crippen molar-refractivity contribution in [1.29, 1.82) is 5.26 Å². The lowest BCUT2D eigenvalue weighted by Crippen LogP contribution is -2.01. The van der Waals surface area contributed by atoms with Crippen LogP contribution in [0.3, 0.4) is 0 Å². The van der Waals surface area contributed by atoms with Crippen molar-refractivity contribution in [3.8, 4) is 11.8 Å². The number of nitrogens with zero attached hydrogens (tertiary/aromatic N) is 5. The molecule has 0 aliphatic carbocycles. The van der Waals surface area contributed by atoms with Crippen molar-refractivity contribution < 1.29 is 0 Å². The van der Waals surface area contributed by atoms with Gasteiger partial charge in [0.05, 0.1) is 11.3 Å². The lowest BCUT2D eigenvalue weighted by atomic mass is 10.2. The van der Waals surface area contributed by atoms with Gasteiger partial charge in [-0.1, -0.05) is 0 Å². The van der Waals surface area contributed by atoms with Crippen LogP contribution < -0.4 is 5.32 Å². The van der Waals surface area contributed by atoms with Crippen LogP contribution in [0.2, 0.25) is 0 Å². The number of rotatable bonds is 4. The fourth-order valence-corrected chi connectivity index (χ4v) is 2.76. The summed E-state index contributed by atoms with van der Waals surface area (Å²) >= 11 is 1.58. The van der Waals surface area contributed by atoms with Gasteiger partial charge < -0.3 is 5.32 Å². The fourth-order valence-electron chi connectivity index (χ4n) is 2.02. The van der Waals surface area contributed by atoms with Crippen molar-refractivity contribution in [2.24, 2.45) is 0 Å². The van der Waals surface area contributed by atoms with Gasteiger partial charge in [0.1, 0.15) is 12.4 Å². The van der Waals surface area contributed by atoms with Gasteiger partial charge >= 0.3 is 0 Å². The largest absolute Gasteiger partial charge is 0.380 e. The van der Waals surface area contributed by atoms with E-state index in [2.05, 4.69) is 33.0 Å². The summed E-state index contributed by atoms with van der Waals surface area (Å²) in [6.07, 6.45) is 1.57. The number of benzene rings is 1. The molecule has 2 heterocycles. The van der Waals surface area contributed by atoms with Crippen LogP contribution in [-0.4, -0.2) is 20.2 Å². The second-order valence-corrected chi connectivity index (χ2v) is 5.52. The minimum absolute atomic E-state index is 0.704. The number of hydrogen-bond donors (Lipinski definition) is 1. The molecule has 0 atom stereocenters. The second-order valence-electron chi connectivity index (χ2n) is 4.52. The number of anilines is 1. The number of aromatic nitrogens is 4. The van der Waals surface area contributed by atoms with Crippen LogP contribution in [0.1, 0.15) is 16.0 Å². The third-order valence-electron chi connectivity index (χ3n) is 3.04. The number of nitrogens with one attached hydrogen (secondary N) is 1. The van der Waals surface area contributed by atoms with Crippen LogP contribution in [0.4, 0.5) is 5.69 Å². The van der Waals surface area contributed by atoms with E-state index >= 15 is 0 Å². The van der Waals surface area contributed by atoms with Gasteiger partial charge in [-0.05, 0) is 47.2 Å². The predicted octanol–water partition coefficient (Wildman–Crippen LogP) is 2.52. The number of hydrogen-bond acceptors (Lipinski definition) is 6. The van der Waals surface area contributed by atoms with Crippen LogP contribution in [0.5, 0.6) is 0 Å². The predicted molar refractivity (Wildman–Crippen MR) is 80.3 cm³/mol. The Kier molecular flexibility index (Phi) is 3.62. The summed E-state index contributed by atoms with van der Waals surface area (Å²) < 4.78 is 1.64. The maximum Gasteiger partial charge on any atom is 0.143 e. The quantitative estimate of drug-likeness (QED) is 0.800. The lowest BCUT2D eigenvalue weighted by molar-refractivity contribution is 0.785. The minimum atomic E-state index is 0.704. The summed E-state index contributed by atoms with van der Waals surface area (Å²) in [7, 11) is 0. The zero-order valence-corrected chi connectivity index (χ0v) is 12.1. The van der Waals surface area contributed by atoms with E-state index in [0.29, 0.717) is 12.1 Å². The molecule has 0 spiro atoms. The molecule has 104 valence electrons. The zero-order chi connectivity index (χ0) is 14.7. The molecule has 21 heavy (non-hydrogen) atoms. The molecule has 0 aliphatic heterocycles. The molecule has 1 aromatic carbocycles. The zero-order valence-electron chi connectivity index (χ0n) is 11.3. The van der Waals surface area contributed by atoms with Gasteiger partial charge in [-0.3, -0.25) is 0 Å². The molecule has 0 amide bonds. The summed E-state index contributed by atoms with van der Waals surface area (Å²) in [6, 6.07) is 10.1. The smallest absolute Gasteiger partial charge is 0.143 e. The maximum atomic E-state index is 8.81. The van der Waals surface area contributed by atoms with Crippen LogP contribution >= 0.6 is 11.3 Å². The Morgan fingerprint density at radius 2 is 2.29 bits per heavy atom. The number of thiophene rings is 1. The van der Waals surface area contributed by atoms with Gasteiger partial charge in [0, 0.05) is 22.5 Å². The molecule has 2 aromatic heterocycles. The Hall–Kier alpha value is -2.72. The Labute approximate surface area is 125 Å². The van der Waals surface area contributed by atoms with Crippen LogP contribution in [0.25, 0.3) is 5.69 Å². The summed E-state index contributed by atoms with van der Waals surface area (Å²) in [5, 5.41) is 25.2. The molecular weight excluding hydrogens is 284 g/mol. The number of aryl methyl sites for hydroxylation is 1. The van der Waals surface area contributed by atoms with Gasteiger partial charge in [0.25, 0.3) is 0 Å². The van der Waals surface area contributed by atoms with Gasteiger partial charge in [-0.15, -0.1) is 16.4 Å². The summed E-state index contributed by atoms with van der Waals surface area (Å²) in [5.41, 5.74) is 3.77. The first-order valence-corrected chi connectivity index (χ1v) is 7.19. The lowest BCUT2D eigenvalue weighted by Gasteiger charge is -2.09. The van der Waals surface area contributed by atoms with E-state index in [1.54, 1.807) is 22.3 Å². The van der Waals surface area contributed by atoms with E-state index in [1.165, 1.54) is 0 Å². The number of nitriles is 1. The van der Waals surface area contributed by atoms with Crippen molar-refractivity contribution in [1.82, 2.24) is 20.2 Å². The van der Waals surface area contributed by atoms with Crippen LogP contribution in [0.15, 0.2) is 36.0 Å². The van der Waals surface area contributed by atoms with E-state index in [0.717, 1.165) is 21.8 Å². The Balaban J connectivity index is 1.72. The summed E-state index contributed by atoms with van der Waals surface area (Å²) in [4.78, 5) is 1.13. The highest BCUT2D eigenvalue weighted by molar-refractivity contribution is 7.10. The van der Waals surface area contributed by atoms with Gasteiger partial charge in [-0.25, -0.2) is 4.68 Å². The topological polar surface area (TPSA) is 79.4 Å². The summed E-state index contributed by atoms with van der Waals surface area (Å²) in [5.74, 6) is 0. The van der Waals surface area contributed by atoms with Gasteiger partial charge in [0.15, 0.2) is 0 Å². The average molecular weight is 296 g/mol. The third-order valence-corrected chi connectivity index (χ3v) is 3.98. The Bertz CT molecular complexity index is 784. The first-order valence-electron chi connectivity index (χ1n) is 6.31. The van der Waals surface area contributed by atoms with E-state index in [9.17, 15) is 0 Å². The maximum absolute atomic E-state index is 8.81. The standard InChI is InChI=1S/C14H12N6S/c1-10-4-12(2-3-14(10)20-9-17-18-19-20)16-7-13-5-11(6-15)8-21-13/h2-5,8-9,16H,7H2,1H3. The molecule has 7 heteroatoms. The molecule has 0 fully saturated rings. The highest BCUT2D eigenvalue weighted by Crippen LogP contribution is 2.20. The molecule has 0 saturated heterocycles. The molecule has 0 saturated carbocycles. The molecule has 0 unspecified atom stereocenters. The first-order chi connectivity index (χ1) is 10.3. The normalized spacial score (nSPS) is 10.3. The van der Waals surface area contributed by atoms with E-state index in [-0.39, 0.29) is 0 Å². The average Bonchev–Trinajstić information content (AvgIpc) is 3.16. The highest BCUT2D eigenvalue weighted by Gasteiger charge is 2.04. The molecule has 3 rings (SSSR count). The first kappa shape index (κ1) is 13.3. The van der Waals surface area contributed by atoms with Crippen molar-refractivity contribution in [2.45, 2.75) is 13.5 Å². The van der Waals surface area contributed by atoms with E-state index < -0.39 is 0 Å². The van der Waals surface area contributed by atoms with Crippen molar-refractivity contribution in [3.05, 3.63) is 52.0 Å². The second kappa shape index (κ2) is 5.73. The molecule has 0 radical (unpaired) electrons. The summed E-state index contributed by atoms with van der Waals surface area (Å²) in [6.45, 7) is 2.72. The van der Waals surface area contributed by atoms with Crippen molar-refractivity contribution in [3.63, 3.8) is 0 Å². The van der Waals surface area contributed by atoms with Crippen molar-refractivity contribution in [2.75, 3.05) is 5.32 Å². The van der Waals surface area contributed by atoms with Crippen LogP contribution in [0, 0.1) is 18.3 Å². The Morgan fingerprint density at radius 3 is 2.95 bits per heavy atom. The molecule has 6 nitrogen and oxygen atoms in total. The van der Waals surface area contributed by atoms with Gasteiger partial charge in [-0.2, -0.15) is 5.26 Å².